The number of phenols is 1. The van der Waals surface area contributed by atoms with E-state index >= 15 is 0 Å². The summed E-state index contributed by atoms with van der Waals surface area (Å²) < 4.78 is 5.12. The molecule has 7 heteroatoms. The zero-order chi connectivity index (χ0) is 13.0. The van der Waals surface area contributed by atoms with Crippen LogP contribution in [-0.2, 0) is 6.42 Å². The summed E-state index contributed by atoms with van der Waals surface area (Å²) >= 11 is 3.15. The third-order valence-corrected chi connectivity index (χ3v) is 2.92. The molecule has 2 aromatic rings. The average molecular weight is 312 g/mol. The Labute approximate surface area is 111 Å². The molecule has 0 radical (unpaired) electrons. The van der Waals surface area contributed by atoms with E-state index in [0.29, 0.717) is 28.8 Å². The summed E-state index contributed by atoms with van der Waals surface area (Å²) in [6.07, 6.45) is 1.73. The van der Waals surface area contributed by atoms with Crippen LogP contribution in [0.4, 0.5) is 0 Å². The highest BCUT2D eigenvalue weighted by Gasteiger charge is 2.08. The van der Waals surface area contributed by atoms with Gasteiger partial charge in [0.25, 0.3) is 5.91 Å². The molecule has 1 aromatic heterocycles. The van der Waals surface area contributed by atoms with Crippen molar-refractivity contribution in [1.82, 2.24) is 15.5 Å². The van der Waals surface area contributed by atoms with Crippen LogP contribution in [0.15, 0.2) is 33.6 Å². The lowest BCUT2D eigenvalue weighted by Gasteiger charge is -2.04. The Morgan fingerprint density at radius 2 is 2.33 bits per heavy atom. The SMILES string of the molecule is O=C(NCCc1ncon1)c1ccc(Br)c(O)c1. The molecule has 0 aliphatic heterocycles. The van der Waals surface area contributed by atoms with Gasteiger partial charge in [-0.25, -0.2) is 0 Å². The normalized spacial score (nSPS) is 10.3. The molecule has 2 rings (SSSR count). The molecule has 1 aromatic carbocycles. The summed E-state index contributed by atoms with van der Waals surface area (Å²) in [6.45, 7) is 0.398. The number of aromatic hydroxyl groups is 1. The van der Waals surface area contributed by atoms with E-state index in [0.717, 1.165) is 0 Å². The minimum Gasteiger partial charge on any atom is -0.507 e. The van der Waals surface area contributed by atoms with Crippen molar-refractivity contribution in [3.8, 4) is 5.75 Å². The number of phenolic OH excluding ortho intramolecular Hbond substituents is 1. The maximum Gasteiger partial charge on any atom is 0.251 e. The number of nitrogens with zero attached hydrogens (tertiary/aromatic N) is 2. The van der Waals surface area contributed by atoms with E-state index in [2.05, 4.69) is 35.9 Å². The van der Waals surface area contributed by atoms with Crippen molar-refractivity contribution in [2.45, 2.75) is 6.42 Å². The Balaban J connectivity index is 1.89. The number of halogens is 1. The highest BCUT2D eigenvalue weighted by molar-refractivity contribution is 9.10. The number of benzene rings is 1. The Bertz CT molecular complexity index is 542. The van der Waals surface area contributed by atoms with Crippen molar-refractivity contribution in [3.05, 3.63) is 40.5 Å². The van der Waals surface area contributed by atoms with Crippen LogP contribution in [0.1, 0.15) is 16.2 Å². The lowest BCUT2D eigenvalue weighted by Crippen LogP contribution is -2.25. The molecule has 0 aliphatic carbocycles. The number of nitrogens with one attached hydrogen (secondary N) is 1. The van der Waals surface area contributed by atoms with Gasteiger partial charge in [0.15, 0.2) is 5.82 Å². The van der Waals surface area contributed by atoms with Gasteiger partial charge >= 0.3 is 0 Å². The van der Waals surface area contributed by atoms with Gasteiger partial charge in [0.1, 0.15) is 5.75 Å². The molecular weight excluding hydrogens is 302 g/mol. The summed E-state index contributed by atoms with van der Waals surface area (Å²) in [7, 11) is 0. The summed E-state index contributed by atoms with van der Waals surface area (Å²) in [4.78, 5) is 15.6. The molecule has 0 aliphatic rings. The number of carbonyl (C=O) groups excluding carboxylic acids is 1. The molecule has 0 saturated heterocycles. The monoisotopic (exact) mass is 311 g/mol. The fraction of sp³-hybridized carbons (Fsp3) is 0.182. The molecule has 1 heterocycles. The van der Waals surface area contributed by atoms with Crippen LogP contribution in [0.2, 0.25) is 0 Å². The first-order valence-electron chi connectivity index (χ1n) is 5.19. The second kappa shape index (κ2) is 5.63. The van der Waals surface area contributed by atoms with Gasteiger partial charge in [0.2, 0.25) is 6.39 Å². The van der Waals surface area contributed by atoms with Crippen molar-refractivity contribution >= 4 is 21.8 Å². The van der Waals surface area contributed by atoms with E-state index in [-0.39, 0.29) is 11.7 Å². The molecule has 1 amide bonds. The van der Waals surface area contributed by atoms with Crippen molar-refractivity contribution < 1.29 is 14.4 Å². The van der Waals surface area contributed by atoms with Crippen LogP contribution >= 0.6 is 15.9 Å². The molecule has 0 atom stereocenters. The first-order chi connectivity index (χ1) is 8.66. The van der Waals surface area contributed by atoms with Gasteiger partial charge in [-0.05, 0) is 34.1 Å². The van der Waals surface area contributed by atoms with E-state index in [1.807, 2.05) is 0 Å². The number of aromatic nitrogens is 2. The molecule has 0 saturated carbocycles. The fourth-order valence-corrected chi connectivity index (χ4v) is 1.59. The minimum atomic E-state index is -0.263. The first-order valence-corrected chi connectivity index (χ1v) is 5.98. The second-order valence-electron chi connectivity index (χ2n) is 3.52. The van der Waals surface area contributed by atoms with E-state index in [1.54, 1.807) is 12.1 Å². The number of hydrogen-bond acceptors (Lipinski definition) is 5. The Hall–Kier alpha value is -1.89. The second-order valence-corrected chi connectivity index (χ2v) is 4.37. The number of carbonyl (C=O) groups is 1. The summed E-state index contributed by atoms with van der Waals surface area (Å²) in [6, 6.07) is 4.63. The average Bonchev–Trinajstić information content (AvgIpc) is 2.85. The van der Waals surface area contributed by atoms with E-state index < -0.39 is 0 Å². The number of amides is 1. The van der Waals surface area contributed by atoms with Crippen LogP contribution < -0.4 is 5.32 Å². The topological polar surface area (TPSA) is 88.3 Å². The maximum absolute atomic E-state index is 11.7. The third-order valence-electron chi connectivity index (χ3n) is 2.25. The fourth-order valence-electron chi connectivity index (χ4n) is 1.35. The van der Waals surface area contributed by atoms with Crippen molar-refractivity contribution in [3.63, 3.8) is 0 Å². The Morgan fingerprint density at radius 1 is 1.50 bits per heavy atom. The molecule has 0 unspecified atom stereocenters. The molecule has 94 valence electrons. The van der Waals surface area contributed by atoms with Crippen molar-refractivity contribution in [2.24, 2.45) is 0 Å². The van der Waals surface area contributed by atoms with Crippen LogP contribution in [-0.4, -0.2) is 27.7 Å². The highest BCUT2D eigenvalue weighted by atomic mass is 79.9. The van der Waals surface area contributed by atoms with Gasteiger partial charge in [-0.3, -0.25) is 4.79 Å². The predicted octanol–water partition coefficient (Wildman–Crippen LogP) is 1.51. The first kappa shape index (κ1) is 12.6. The van der Waals surface area contributed by atoms with Gasteiger partial charge in [0, 0.05) is 18.5 Å². The maximum atomic E-state index is 11.7. The minimum absolute atomic E-state index is 0.0285. The van der Waals surface area contributed by atoms with Crippen LogP contribution in [0.3, 0.4) is 0 Å². The Kier molecular flexibility index (Phi) is 3.93. The lowest BCUT2D eigenvalue weighted by atomic mass is 10.2. The molecule has 0 bridgehead atoms. The zero-order valence-electron chi connectivity index (χ0n) is 9.26. The molecule has 18 heavy (non-hydrogen) atoms. The van der Waals surface area contributed by atoms with Gasteiger partial charge < -0.3 is 14.9 Å². The van der Waals surface area contributed by atoms with Crippen molar-refractivity contribution in [2.75, 3.05) is 6.54 Å². The molecule has 2 N–H and O–H groups in total. The largest absolute Gasteiger partial charge is 0.507 e. The van der Waals surface area contributed by atoms with Crippen LogP contribution in [0, 0.1) is 0 Å². The summed E-state index contributed by atoms with van der Waals surface area (Å²) in [5, 5.41) is 15.8. The van der Waals surface area contributed by atoms with E-state index in [4.69, 9.17) is 0 Å². The molecular formula is C11H10BrN3O3. The smallest absolute Gasteiger partial charge is 0.251 e. The third kappa shape index (κ3) is 3.07. The van der Waals surface area contributed by atoms with Gasteiger partial charge in [0.05, 0.1) is 4.47 Å². The van der Waals surface area contributed by atoms with Gasteiger partial charge in [-0.1, -0.05) is 5.16 Å². The van der Waals surface area contributed by atoms with Crippen molar-refractivity contribution in [1.29, 1.82) is 0 Å². The molecule has 0 spiro atoms. The standard InChI is InChI=1S/C11H10BrN3O3/c12-8-2-1-7(5-9(8)16)11(17)13-4-3-10-14-6-18-15-10/h1-2,5-6,16H,3-4H2,(H,13,17). The summed E-state index contributed by atoms with van der Waals surface area (Å²) in [5.41, 5.74) is 0.392. The van der Waals surface area contributed by atoms with E-state index in [1.165, 1.54) is 12.5 Å². The lowest BCUT2D eigenvalue weighted by molar-refractivity contribution is 0.0953. The zero-order valence-corrected chi connectivity index (χ0v) is 10.8. The summed E-state index contributed by atoms with van der Waals surface area (Å²) in [5.74, 6) is 0.302. The van der Waals surface area contributed by atoms with E-state index in [9.17, 15) is 9.90 Å². The van der Waals surface area contributed by atoms with Crippen LogP contribution in [0.25, 0.3) is 0 Å². The Morgan fingerprint density at radius 3 is 3.00 bits per heavy atom. The quantitative estimate of drug-likeness (QED) is 0.893. The molecule has 6 nitrogen and oxygen atoms in total. The van der Waals surface area contributed by atoms with Crippen LogP contribution in [0.5, 0.6) is 5.75 Å². The molecule has 0 fully saturated rings. The predicted molar refractivity (Wildman–Crippen MR) is 66.1 cm³/mol. The van der Waals surface area contributed by atoms with Gasteiger partial charge in [-0.2, -0.15) is 4.98 Å². The van der Waals surface area contributed by atoms with Gasteiger partial charge in [-0.15, -0.1) is 0 Å². The number of hydrogen-bond donors (Lipinski definition) is 2. The highest BCUT2D eigenvalue weighted by Crippen LogP contribution is 2.24. The number of rotatable bonds is 4.